The van der Waals surface area contributed by atoms with Gasteiger partial charge in [0.1, 0.15) is 16.8 Å². The first-order valence-corrected chi connectivity index (χ1v) is 7.85. The summed E-state index contributed by atoms with van der Waals surface area (Å²) in [5.41, 5.74) is 0.399. The van der Waals surface area contributed by atoms with Gasteiger partial charge in [0.25, 0.3) is 0 Å². The summed E-state index contributed by atoms with van der Waals surface area (Å²) >= 11 is 6.28. The van der Waals surface area contributed by atoms with Crippen LogP contribution < -0.4 is 4.90 Å². The van der Waals surface area contributed by atoms with Gasteiger partial charge in [-0.05, 0) is 46.0 Å². The van der Waals surface area contributed by atoms with Crippen LogP contribution >= 0.6 is 11.6 Å². The molecule has 2 heterocycles. The molecule has 1 unspecified atom stereocenters. The maximum Gasteiger partial charge on any atom is 0.137 e. The van der Waals surface area contributed by atoms with Gasteiger partial charge in [-0.15, -0.1) is 0 Å². The van der Waals surface area contributed by atoms with Crippen molar-refractivity contribution in [1.82, 2.24) is 9.97 Å². The van der Waals surface area contributed by atoms with Crippen molar-refractivity contribution < 1.29 is 5.11 Å². The van der Waals surface area contributed by atoms with Crippen LogP contribution in [0.5, 0.6) is 0 Å². The van der Waals surface area contributed by atoms with Gasteiger partial charge >= 0.3 is 0 Å². The van der Waals surface area contributed by atoms with Gasteiger partial charge in [-0.1, -0.05) is 11.6 Å². The Morgan fingerprint density at radius 1 is 1.25 bits per heavy atom. The van der Waals surface area contributed by atoms with E-state index in [0.717, 1.165) is 49.6 Å². The van der Waals surface area contributed by atoms with Crippen molar-refractivity contribution in [3.8, 4) is 0 Å². The van der Waals surface area contributed by atoms with Crippen LogP contribution in [-0.4, -0.2) is 33.8 Å². The number of aliphatic hydroxyl groups is 1. The highest BCUT2D eigenvalue weighted by atomic mass is 35.5. The van der Waals surface area contributed by atoms with E-state index < -0.39 is 5.60 Å². The average Bonchev–Trinajstić information content (AvgIpc) is 3.20. The van der Waals surface area contributed by atoms with Crippen LogP contribution in [0.1, 0.15) is 56.3 Å². The molecule has 0 spiro atoms. The Balaban J connectivity index is 1.88. The summed E-state index contributed by atoms with van der Waals surface area (Å²) in [4.78, 5) is 11.4. The van der Waals surface area contributed by atoms with Crippen LogP contribution in [-0.2, 0) is 0 Å². The lowest BCUT2D eigenvalue weighted by Gasteiger charge is -2.25. The summed E-state index contributed by atoms with van der Waals surface area (Å²) in [6.07, 6.45) is 4.94. The quantitative estimate of drug-likeness (QED) is 0.852. The largest absolute Gasteiger partial charge is 0.390 e. The molecule has 1 saturated carbocycles. The molecule has 1 atom stereocenters. The van der Waals surface area contributed by atoms with Gasteiger partial charge in [-0.25, -0.2) is 9.97 Å². The van der Waals surface area contributed by atoms with E-state index in [2.05, 4.69) is 9.88 Å². The number of aromatic nitrogens is 2. The lowest BCUT2D eigenvalue weighted by atomic mass is 9.98. The van der Waals surface area contributed by atoms with Gasteiger partial charge in [0.05, 0.1) is 5.60 Å². The van der Waals surface area contributed by atoms with Gasteiger partial charge in [0, 0.05) is 24.6 Å². The molecule has 4 nitrogen and oxygen atoms in total. The van der Waals surface area contributed by atoms with E-state index in [0.29, 0.717) is 11.1 Å². The summed E-state index contributed by atoms with van der Waals surface area (Å²) in [7, 11) is 0. The highest BCUT2D eigenvalue weighted by Crippen LogP contribution is 2.40. The number of nitrogens with zero attached hydrogens (tertiary/aromatic N) is 3. The predicted molar refractivity (Wildman–Crippen MR) is 80.4 cm³/mol. The van der Waals surface area contributed by atoms with Crippen LogP contribution in [0.25, 0.3) is 0 Å². The molecule has 1 aliphatic carbocycles. The summed E-state index contributed by atoms with van der Waals surface area (Å²) in [6, 6.07) is 0. The molecule has 0 aromatic carbocycles. The monoisotopic (exact) mass is 295 g/mol. The number of hydrogen-bond donors (Lipinski definition) is 1. The molecule has 0 amide bonds. The Morgan fingerprint density at radius 3 is 2.70 bits per heavy atom. The minimum atomic E-state index is -0.557. The minimum absolute atomic E-state index is 0.502. The average molecular weight is 296 g/mol. The second-order valence-electron chi connectivity index (χ2n) is 6.43. The maximum absolute atomic E-state index is 10.2. The molecule has 0 bridgehead atoms. The highest BCUT2D eigenvalue weighted by Gasteiger charge is 2.30. The van der Waals surface area contributed by atoms with E-state index in [-0.39, 0.29) is 0 Å². The van der Waals surface area contributed by atoms with Crippen molar-refractivity contribution in [2.75, 3.05) is 18.0 Å². The van der Waals surface area contributed by atoms with Gasteiger partial charge < -0.3 is 10.0 Å². The van der Waals surface area contributed by atoms with Crippen molar-refractivity contribution >= 4 is 17.4 Å². The van der Waals surface area contributed by atoms with Gasteiger partial charge in [-0.2, -0.15) is 0 Å². The fourth-order valence-electron chi connectivity index (χ4n) is 2.80. The smallest absolute Gasteiger partial charge is 0.137 e. The third-order valence-corrected chi connectivity index (χ3v) is 4.75. The molecule has 20 heavy (non-hydrogen) atoms. The van der Waals surface area contributed by atoms with E-state index in [1.807, 2.05) is 13.8 Å². The van der Waals surface area contributed by atoms with E-state index in [1.54, 1.807) is 0 Å². The van der Waals surface area contributed by atoms with Crippen molar-refractivity contribution in [2.45, 2.75) is 57.5 Å². The van der Waals surface area contributed by atoms with Crippen LogP contribution in [0.3, 0.4) is 0 Å². The van der Waals surface area contributed by atoms with E-state index in [1.165, 1.54) is 12.8 Å². The number of halogens is 1. The van der Waals surface area contributed by atoms with Crippen LogP contribution in [0.15, 0.2) is 0 Å². The fraction of sp³-hybridized carbons (Fsp3) is 0.733. The van der Waals surface area contributed by atoms with Gasteiger partial charge in [0.2, 0.25) is 0 Å². The molecular weight excluding hydrogens is 274 g/mol. The Morgan fingerprint density at radius 2 is 2.00 bits per heavy atom. The van der Waals surface area contributed by atoms with Crippen molar-refractivity contribution in [2.24, 2.45) is 0 Å². The molecule has 5 heteroatoms. The standard InChI is InChI=1S/C15H22ClN3O/c1-10-12(16)17-13(11-4-5-11)18-14(10)19-8-3-6-15(2,20)7-9-19/h11,20H,3-9H2,1-2H3. The number of hydrogen-bond acceptors (Lipinski definition) is 4. The molecule has 2 fully saturated rings. The van der Waals surface area contributed by atoms with Crippen LogP contribution in [0.2, 0.25) is 5.15 Å². The molecule has 1 N–H and O–H groups in total. The fourth-order valence-corrected chi connectivity index (χ4v) is 2.97. The normalized spacial score (nSPS) is 27.5. The van der Waals surface area contributed by atoms with Gasteiger partial charge in [-0.3, -0.25) is 0 Å². The van der Waals surface area contributed by atoms with Crippen molar-refractivity contribution in [1.29, 1.82) is 0 Å². The van der Waals surface area contributed by atoms with Crippen molar-refractivity contribution in [3.05, 3.63) is 16.5 Å². The molecule has 1 saturated heterocycles. The summed E-state index contributed by atoms with van der Waals surface area (Å²) < 4.78 is 0. The van der Waals surface area contributed by atoms with E-state index in [4.69, 9.17) is 16.6 Å². The zero-order chi connectivity index (χ0) is 14.3. The summed E-state index contributed by atoms with van der Waals surface area (Å²) in [5, 5.41) is 10.8. The molecule has 110 valence electrons. The first-order valence-electron chi connectivity index (χ1n) is 7.48. The number of rotatable bonds is 2. The Bertz CT molecular complexity index is 514. The topological polar surface area (TPSA) is 49.2 Å². The SMILES string of the molecule is Cc1c(Cl)nc(C2CC2)nc1N1CCCC(C)(O)CC1. The number of anilines is 1. The molecule has 1 aromatic heterocycles. The Kier molecular flexibility index (Phi) is 3.63. The maximum atomic E-state index is 10.2. The Labute approximate surface area is 125 Å². The second-order valence-corrected chi connectivity index (χ2v) is 6.79. The first-order chi connectivity index (χ1) is 9.46. The van der Waals surface area contributed by atoms with Gasteiger partial charge in [0.15, 0.2) is 0 Å². The van der Waals surface area contributed by atoms with Crippen LogP contribution in [0.4, 0.5) is 5.82 Å². The first kappa shape index (κ1) is 14.1. The van der Waals surface area contributed by atoms with Crippen LogP contribution in [0, 0.1) is 6.92 Å². The zero-order valence-electron chi connectivity index (χ0n) is 12.2. The summed E-state index contributed by atoms with van der Waals surface area (Å²) in [5.74, 6) is 2.36. The molecule has 1 aliphatic heterocycles. The third-order valence-electron chi connectivity index (χ3n) is 4.38. The lowest BCUT2D eigenvalue weighted by Crippen LogP contribution is -2.29. The second kappa shape index (κ2) is 5.15. The molecule has 1 aromatic rings. The van der Waals surface area contributed by atoms with Crippen molar-refractivity contribution in [3.63, 3.8) is 0 Å². The van der Waals surface area contributed by atoms with E-state index in [9.17, 15) is 5.11 Å². The Hall–Kier alpha value is -0.870. The lowest BCUT2D eigenvalue weighted by molar-refractivity contribution is 0.0481. The van der Waals surface area contributed by atoms with E-state index >= 15 is 0 Å². The molecule has 0 radical (unpaired) electrons. The summed E-state index contributed by atoms with van der Waals surface area (Å²) in [6.45, 7) is 5.66. The predicted octanol–water partition coefficient (Wildman–Crippen LogP) is 3.06. The molecular formula is C15H22ClN3O. The molecule has 3 rings (SSSR count). The third kappa shape index (κ3) is 2.91. The highest BCUT2D eigenvalue weighted by molar-refractivity contribution is 6.30. The zero-order valence-corrected chi connectivity index (χ0v) is 12.9. The molecule has 2 aliphatic rings. The minimum Gasteiger partial charge on any atom is -0.390 e.